The second-order valence-electron chi connectivity index (χ2n) is 3.46. The molecule has 10 heavy (non-hydrogen) atoms. The van der Waals surface area contributed by atoms with E-state index in [0.717, 1.165) is 0 Å². The molecule has 0 spiro atoms. The van der Waals surface area contributed by atoms with E-state index in [1.54, 1.807) is 0 Å². The molecule has 2 nitrogen and oxygen atoms in total. The Hall–Kier alpha value is 0.110. The predicted molar refractivity (Wildman–Crippen MR) is 46.4 cm³/mol. The molecule has 0 rings (SSSR count). The summed E-state index contributed by atoms with van der Waals surface area (Å²) in [5.74, 6) is 0. The van der Waals surface area contributed by atoms with E-state index in [4.69, 9.17) is 5.73 Å². The van der Waals surface area contributed by atoms with Gasteiger partial charge in [0, 0.05) is 27.3 Å². The molecule has 0 bridgehead atoms. The molecule has 0 aromatic heterocycles. The van der Waals surface area contributed by atoms with Crippen molar-refractivity contribution in [2.45, 2.75) is 37.7 Å². The van der Waals surface area contributed by atoms with E-state index in [2.05, 4.69) is 0 Å². The van der Waals surface area contributed by atoms with E-state index in [1.165, 1.54) is 0 Å². The first kappa shape index (κ1) is 10.1. The van der Waals surface area contributed by atoms with E-state index in [9.17, 15) is 4.21 Å². The maximum absolute atomic E-state index is 11.4. The summed E-state index contributed by atoms with van der Waals surface area (Å²) >= 11 is 0. The zero-order chi connectivity index (χ0) is 8.36. The van der Waals surface area contributed by atoms with E-state index in [1.807, 2.05) is 27.7 Å². The zero-order valence-electron chi connectivity index (χ0n) is 7.18. The highest BCUT2D eigenvalue weighted by Gasteiger charge is 2.23. The van der Waals surface area contributed by atoms with Crippen molar-refractivity contribution in [2.75, 3.05) is 6.54 Å². The largest absolute Gasteiger partial charge is 0.329 e. The molecule has 0 heterocycles. The molecule has 2 unspecified atom stereocenters. The van der Waals surface area contributed by atoms with Crippen LogP contribution in [0, 0.1) is 0 Å². The fourth-order valence-corrected chi connectivity index (χ4v) is 2.07. The van der Waals surface area contributed by atoms with Gasteiger partial charge in [-0.05, 0) is 27.7 Å². The molecule has 0 aliphatic carbocycles. The van der Waals surface area contributed by atoms with E-state index in [0.29, 0.717) is 6.54 Å². The summed E-state index contributed by atoms with van der Waals surface area (Å²) in [6.07, 6.45) is 0. The van der Waals surface area contributed by atoms with Gasteiger partial charge < -0.3 is 5.73 Å². The highest BCUT2D eigenvalue weighted by atomic mass is 32.2. The van der Waals surface area contributed by atoms with Gasteiger partial charge in [-0.15, -0.1) is 0 Å². The first-order chi connectivity index (χ1) is 4.39. The highest BCUT2D eigenvalue weighted by molar-refractivity contribution is 7.87. The fraction of sp³-hybridized carbons (Fsp3) is 1.00. The standard InChI is InChI=1S/C7H17NOS/c1-6(5-8)10(9)7(2,3)4/h6H,5,8H2,1-4H3. The number of rotatable bonds is 2. The topological polar surface area (TPSA) is 43.1 Å². The van der Waals surface area contributed by atoms with Crippen molar-refractivity contribution in [1.82, 2.24) is 0 Å². The van der Waals surface area contributed by atoms with Gasteiger partial charge in [-0.25, -0.2) is 0 Å². The van der Waals surface area contributed by atoms with Gasteiger partial charge in [0.05, 0.1) is 0 Å². The summed E-state index contributed by atoms with van der Waals surface area (Å²) in [7, 11) is -0.807. The summed E-state index contributed by atoms with van der Waals surface area (Å²) in [5, 5.41) is 0.111. The molecule has 0 fully saturated rings. The lowest BCUT2D eigenvalue weighted by molar-refractivity contribution is 0.637. The van der Waals surface area contributed by atoms with Gasteiger partial charge in [-0.2, -0.15) is 0 Å². The third-order valence-electron chi connectivity index (χ3n) is 1.30. The second-order valence-corrected chi connectivity index (χ2v) is 6.08. The van der Waals surface area contributed by atoms with E-state index in [-0.39, 0.29) is 10.00 Å². The van der Waals surface area contributed by atoms with Crippen LogP contribution >= 0.6 is 0 Å². The van der Waals surface area contributed by atoms with Crippen LogP contribution in [0.25, 0.3) is 0 Å². The van der Waals surface area contributed by atoms with Crippen molar-refractivity contribution in [3.05, 3.63) is 0 Å². The van der Waals surface area contributed by atoms with Crippen molar-refractivity contribution in [1.29, 1.82) is 0 Å². The molecule has 0 aliphatic rings. The van der Waals surface area contributed by atoms with Crippen molar-refractivity contribution < 1.29 is 4.21 Å². The molecule has 0 aliphatic heterocycles. The van der Waals surface area contributed by atoms with Gasteiger partial charge in [0.1, 0.15) is 0 Å². The molecule has 62 valence electrons. The van der Waals surface area contributed by atoms with Crippen LogP contribution < -0.4 is 5.73 Å². The van der Waals surface area contributed by atoms with Crippen LogP contribution in [0.5, 0.6) is 0 Å². The van der Waals surface area contributed by atoms with E-state index >= 15 is 0 Å². The lowest BCUT2D eigenvalue weighted by atomic mass is 10.3. The summed E-state index contributed by atoms with van der Waals surface area (Å²) in [4.78, 5) is 0. The Labute approximate surface area is 65.6 Å². The molecule has 0 saturated carbocycles. The smallest absolute Gasteiger partial charge is 0.0447 e. The molecule has 0 saturated heterocycles. The predicted octanol–water partition coefficient (Wildman–Crippen LogP) is 0.881. The van der Waals surface area contributed by atoms with Gasteiger partial charge in [0.2, 0.25) is 0 Å². The summed E-state index contributed by atoms with van der Waals surface area (Å²) in [5.41, 5.74) is 5.38. The van der Waals surface area contributed by atoms with Crippen molar-refractivity contribution >= 4 is 10.8 Å². The minimum Gasteiger partial charge on any atom is -0.329 e. The lowest BCUT2D eigenvalue weighted by Gasteiger charge is -2.21. The monoisotopic (exact) mass is 163 g/mol. The minimum absolute atomic E-state index is 0.111. The van der Waals surface area contributed by atoms with Gasteiger partial charge in [0.25, 0.3) is 0 Å². The molecule has 0 amide bonds. The fourth-order valence-electron chi connectivity index (χ4n) is 0.691. The van der Waals surface area contributed by atoms with Crippen LogP contribution in [0.4, 0.5) is 0 Å². The molecule has 2 N–H and O–H groups in total. The lowest BCUT2D eigenvalue weighted by Crippen LogP contribution is -2.34. The minimum atomic E-state index is -0.807. The van der Waals surface area contributed by atoms with Gasteiger partial charge >= 0.3 is 0 Å². The summed E-state index contributed by atoms with van der Waals surface area (Å²) in [6.45, 7) is 8.32. The Morgan fingerprint density at radius 1 is 1.50 bits per heavy atom. The van der Waals surface area contributed by atoms with Crippen molar-refractivity contribution in [3.8, 4) is 0 Å². The maximum atomic E-state index is 11.4. The molecular formula is C7H17NOS. The zero-order valence-corrected chi connectivity index (χ0v) is 7.99. The summed E-state index contributed by atoms with van der Waals surface area (Å²) in [6, 6.07) is 0. The SMILES string of the molecule is CC(CN)S(=O)C(C)(C)C. The Bertz CT molecular complexity index is 128. The van der Waals surface area contributed by atoms with Crippen LogP contribution in [0.2, 0.25) is 0 Å². The number of hydrogen-bond acceptors (Lipinski definition) is 2. The number of nitrogens with two attached hydrogens (primary N) is 1. The molecule has 0 aromatic rings. The average molecular weight is 163 g/mol. The van der Waals surface area contributed by atoms with E-state index < -0.39 is 10.8 Å². The van der Waals surface area contributed by atoms with Crippen LogP contribution in [0.3, 0.4) is 0 Å². The van der Waals surface area contributed by atoms with Crippen LogP contribution in [-0.2, 0) is 10.8 Å². The Morgan fingerprint density at radius 2 is 1.90 bits per heavy atom. The third-order valence-corrected chi connectivity index (χ3v) is 3.43. The first-order valence-electron chi connectivity index (χ1n) is 3.50. The maximum Gasteiger partial charge on any atom is 0.0447 e. The second kappa shape index (κ2) is 3.49. The number of hydrogen-bond donors (Lipinski definition) is 1. The van der Waals surface area contributed by atoms with Crippen molar-refractivity contribution in [3.63, 3.8) is 0 Å². The molecule has 0 radical (unpaired) electrons. The van der Waals surface area contributed by atoms with Gasteiger partial charge in [0.15, 0.2) is 0 Å². The molecule has 0 aromatic carbocycles. The Kier molecular flexibility index (Phi) is 3.52. The molecule has 3 heteroatoms. The Balaban J connectivity index is 4.09. The van der Waals surface area contributed by atoms with Crippen molar-refractivity contribution in [2.24, 2.45) is 5.73 Å². The normalized spacial score (nSPS) is 18.5. The van der Waals surface area contributed by atoms with Crippen LogP contribution in [0.15, 0.2) is 0 Å². The first-order valence-corrected chi connectivity index (χ1v) is 4.71. The average Bonchev–Trinajstić information content (AvgIpc) is 1.83. The quantitative estimate of drug-likeness (QED) is 0.656. The van der Waals surface area contributed by atoms with Gasteiger partial charge in [-0.1, -0.05) is 0 Å². The van der Waals surface area contributed by atoms with Crippen LogP contribution in [0.1, 0.15) is 27.7 Å². The Morgan fingerprint density at radius 3 is 2.00 bits per heavy atom. The summed E-state index contributed by atoms with van der Waals surface area (Å²) < 4.78 is 11.3. The molecule has 2 atom stereocenters. The van der Waals surface area contributed by atoms with Gasteiger partial charge in [-0.3, -0.25) is 4.21 Å². The highest BCUT2D eigenvalue weighted by Crippen LogP contribution is 2.14. The molecular weight excluding hydrogens is 146 g/mol. The third kappa shape index (κ3) is 2.80. The van der Waals surface area contributed by atoms with Crippen LogP contribution in [-0.4, -0.2) is 20.8 Å².